The Morgan fingerprint density at radius 1 is 1.03 bits per heavy atom. The maximum absolute atomic E-state index is 12.8. The Kier molecular flexibility index (Phi) is 4.95. The zero-order valence-corrected chi connectivity index (χ0v) is 19.4. The van der Waals surface area contributed by atoms with Crippen LogP contribution in [0.4, 0.5) is 17.2 Å². The maximum atomic E-state index is 12.8. The summed E-state index contributed by atoms with van der Waals surface area (Å²) in [5.74, 6) is 0.600. The third-order valence-corrected chi connectivity index (χ3v) is 6.89. The second-order valence-electron chi connectivity index (χ2n) is 9.07. The maximum Gasteiger partial charge on any atom is 0.254 e. The number of carbonyl (C=O) groups excluding carboxylic acids is 1. The van der Waals surface area contributed by atoms with Crippen LogP contribution < -0.4 is 15.5 Å². The van der Waals surface area contributed by atoms with E-state index in [0.29, 0.717) is 23.6 Å². The molecule has 172 valence electrons. The van der Waals surface area contributed by atoms with Crippen LogP contribution in [0.15, 0.2) is 48.9 Å². The van der Waals surface area contributed by atoms with Gasteiger partial charge in [-0.1, -0.05) is 18.2 Å². The molecule has 34 heavy (non-hydrogen) atoms. The van der Waals surface area contributed by atoms with E-state index in [0.717, 1.165) is 59.6 Å². The molecule has 8 heteroatoms. The Bertz CT molecular complexity index is 1380. The number of nitrogens with one attached hydrogen (secondary N) is 3. The molecule has 2 aliphatic heterocycles. The lowest BCUT2D eigenvalue weighted by atomic mass is 10.0. The van der Waals surface area contributed by atoms with Gasteiger partial charge in [0.1, 0.15) is 5.82 Å². The molecule has 5 heterocycles. The topological polar surface area (TPSA) is 89.2 Å². The molecule has 1 aromatic carbocycles. The molecule has 4 aromatic rings. The Hall–Kier alpha value is -3.91. The van der Waals surface area contributed by atoms with Crippen LogP contribution in [-0.4, -0.2) is 59.0 Å². The zero-order valence-electron chi connectivity index (χ0n) is 19.4. The molecule has 2 aliphatic rings. The Morgan fingerprint density at radius 2 is 1.88 bits per heavy atom. The molecule has 1 saturated heterocycles. The van der Waals surface area contributed by atoms with E-state index in [-0.39, 0.29) is 5.91 Å². The number of likely N-dealkylation sites (N-methyl/N-ethyl adjacent to an activating group) is 1. The molecule has 0 atom stereocenters. The van der Waals surface area contributed by atoms with Gasteiger partial charge < -0.3 is 25.4 Å². The second kappa shape index (κ2) is 8.14. The highest BCUT2D eigenvalue weighted by molar-refractivity contribution is 6.07. The van der Waals surface area contributed by atoms with Crippen molar-refractivity contribution in [2.24, 2.45) is 0 Å². The van der Waals surface area contributed by atoms with Gasteiger partial charge in [-0.3, -0.25) is 9.78 Å². The number of hydrogen-bond acceptors (Lipinski definition) is 6. The second-order valence-corrected chi connectivity index (χ2v) is 9.07. The SMILES string of the molecule is Cc1cccc2c(-c3ncc(Nc4ccc(N5CCN(C)CC5)cn4)c4c3CNC4=O)c[nH]c12. The number of amides is 1. The number of nitrogens with zero attached hydrogens (tertiary/aromatic N) is 4. The summed E-state index contributed by atoms with van der Waals surface area (Å²) in [5, 5.41) is 7.40. The molecule has 0 unspecified atom stereocenters. The van der Waals surface area contributed by atoms with Gasteiger partial charge in [0.2, 0.25) is 0 Å². The predicted molar refractivity (Wildman–Crippen MR) is 135 cm³/mol. The van der Waals surface area contributed by atoms with E-state index in [2.05, 4.69) is 62.6 Å². The molecule has 3 aromatic heterocycles. The smallest absolute Gasteiger partial charge is 0.254 e. The average molecular weight is 454 g/mol. The summed E-state index contributed by atoms with van der Waals surface area (Å²) in [6.07, 6.45) is 5.61. The fourth-order valence-corrected chi connectivity index (χ4v) is 4.92. The van der Waals surface area contributed by atoms with Gasteiger partial charge >= 0.3 is 0 Å². The zero-order chi connectivity index (χ0) is 23.2. The standard InChI is InChI=1S/C26H27N7O/c1-16-4-3-5-18-19(13-28-24(16)18)25-20-14-30-26(34)23(20)21(15-29-25)31-22-7-6-17(12-27-22)33-10-8-32(2)9-11-33/h3-7,12-13,15,28H,8-11,14H2,1-2H3,(H,27,31)(H,30,34). The number of H-pyrrole nitrogens is 1. The van der Waals surface area contributed by atoms with Crippen molar-refractivity contribution in [3.8, 4) is 11.3 Å². The van der Waals surface area contributed by atoms with Crippen LogP contribution in [0, 0.1) is 6.92 Å². The Morgan fingerprint density at radius 3 is 2.68 bits per heavy atom. The van der Waals surface area contributed by atoms with Crippen molar-refractivity contribution in [1.29, 1.82) is 0 Å². The van der Waals surface area contributed by atoms with Crippen molar-refractivity contribution < 1.29 is 4.79 Å². The molecular formula is C26H27N7O. The lowest BCUT2D eigenvalue weighted by Gasteiger charge is -2.33. The van der Waals surface area contributed by atoms with Crippen LogP contribution in [0.2, 0.25) is 0 Å². The van der Waals surface area contributed by atoms with Gasteiger partial charge in [-0.15, -0.1) is 0 Å². The van der Waals surface area contributed by atoms with E-state index in [1.165, 1.54) is 5.56 Å². The molecule has 0 bridgehead atoms. The highest BCUT2D eigenvalue weighted by atomic mass is 16.1. The van der Waals surface area contributed by atoms with Gasteiger partial charge in [-0.25, -0.2) is 4.98 Å². The molecule has 0 aliphatic carbocycles. The Balaban J connectivity index is 1.31. The molecule has 8 nitrogen and oxygen atoms in total. The summed E-state index contributed by atoms with van der Waals surface area (Å²) in [5.41, 5.74) is 7.44. The molecule has 1 fully saturated rings. The number of aromatic nitrogens is 3. The fraction of sp³-hybridized carbons (Fsp3) is 0.269. The van der Waals surface area contributed by atoms with Crippen molar-refractivity contribution in [2.75, 3.05) is 43.4 Å². The van der Waals surface area contributed by atoms with Crippen LogP contribution in [0.1, 0.15) is 21.5 Å². The van der Waals surface area contributed by atoms with E-state index in [4.69, 9.17) is 4.98 Å². The fourth-order valence-electron chi connectivity index (χ4n) is 4.92. The van der Waals surface area contributed by atoms with Crippen molar-refractivity contribution in [1.82, 2.24) is 25.2 Å². The Labute approximate surface area is 198 Å². The average Bonchev–Trinajstić information content (AvgIpc) is 3.46. The number of aryl methyl sites for hydroxylation is 1. The third kappa shape index (κ3) is 3.47. The lowest BCUT2D eigenvalue weighted by molar-refractivity contribution is 0.0966. The number of anilines is 3. The number of hydrogen-bond donors (Lipinski definition) is 3. The van der Waals surface area contributed by atoms with Crippen LogP contribution in [0.3, 0.4) is 0 Å². The number of rotatable bonds is 4. The summed E-state index contributed by atoms with van der Waals surface area (Å²) in [4.78, 5) is 30.2. The highest BCUT2D eigenvalue weighted by Gasteiger charge is 2.28. The largest absolute Gasteiger partial charge is 0.368 e. The van der Waals surface area contributed by atoms with Crippen molar-refractivity contribution in [3.63, 3.8) is 0 Å². The molecule has 0 radical (unpaired) electrons. The van der Waals surface area contributed by atoms with Crippen LogP contribution in [-0.2, 0) is 6.54 Å². The minimum atomic E-state index is -0.0915. The van der Waals surface area contributed by atoms with E-state index < -0.39 is 0 Å². The van der Waals surface area contributed by atoms with E-state index >= 15 is 0 Å². The first-order valence-electron chi connectivity index (χ1n) is 11.6. The third-order valence-electron chi connectivity index (χ3n) is 6.89. The van der Waals surface area contributed by atoms with Crippen molar-refractivity contribution >= 4 is 34.0 Å². The number of fused-ring (bicyclic) bond motifs is 2. The lowest BCUT2D eigenvalue weighted by Crippen LogP contribution is -2.44. The number of benzene rings is 1. The van der Waals surface area contributed by atoms with Gasteiger partial charge in [0.05, 0.1) is 35.0 Å². The minimum Gasteiger partial charge on any atom is -0.368 e. The summed E-state index contributed by atoms with van der Waals surface area (Å²) < 4.78 is 0. The predicted octanol–water partition coefficient (Wildman–Crippen LogP) is 3.67. The van der Waals surface area contributed by atoms with Gasteiger partial charge in [0, 0.05) is 61.0 Å². The number of aromatic amines is 1. The number of pyridine rings is 2. The molecule has 1 amide bonds. The van der Waals surface area contributed by atoms with Gasteiger partial charge in [0.15, 0.2) is 0 Å². The summed E-state index contributed by atoms with van der Waals surface area (Å²) in [6.45, 7) is 6.64. The number of carbonyl (C=O) groups is 1. The van der Waals surface area contributed by atoms with E-state index in [1.54, 1.807) is 6.20 Å². The van der Waals surface area contributed by atoms with E-state index in [9.17, 15) is 4.79 Å². The van der Waals surface area contributed by atoms with Gasteiger partial charge in [-0.05, 0) is 31.7 Å². The molecule has 0 spiro atoms. The van der Waals surface area contributed by atoms with Crippen LogP contribution >= 0.6 is 0 Å². The van der Waals surface area contributed by atoms with Crippen molar-refractivity contribution in [3.05, 3.63) is 65.6 Å². The summed E-state index contributed by atoms with van der Waals surface area (Å²) in [6, 6.07) is 10.3. The summed E-state index contributed by atoms with van der Waals surface area (Å²) in [7, 11) is 2.15. The monoisotopic (exact) mass is 453 g/mol. The molecule has 3 N–H and O–H groups in total. The number of piperazine rings is 1. The molecular weight excluding hydrogens is 426 g/mol. The summed E-state index contributed by atoms with van der Waals surface area (Å²) >= 11 is 0. The van der Waals surface area contributed by atoms with Gasteiger partial charge in [-0.2, -0.15) is 0 Å². The number of para-hydroxylation sites is 1. The molecule has 0 saturated carbocycles. The first kappa shape index (κ1) is 20.7. The van der Waals surface area contributed by atoms with Gasteiger partial charge in [0.25, 0.3) is 5.91 Å². The van der Waals surface area contributed by atoms with Crippen molar-refractivity contribution in [2.45, 2.75) is 13.5 Å². The van der Waals surface area contributed by atoms with E-state index in [1.807, 2.05) is 24.5 Å². The highest BCUT2D eigenvalue weighted by Crippen LogP contribution is 2.36. The van der Waals surface area contributed by atoms with Crippen LogP contribution in [0.5, 0.6) is 0 Å². The minimum absolute atomic E-state index is 0.0915. The quantitative estimate of drug-likeness (QED) is 0.437. The first-order chi connectivity index (χ1) is 16.6. The van der Waals surface area contributed by atoms with Crippen LogP contribution in [0.25, 0.3) is 22.2 Å². The normalized spacial score (nSPS) is 16.1. The first-order valence-corrected chi connectivity index (χ1v) is 11.6. The molecule has 6 rings (SSSR count).